The van der Waals surface area contributed by atoms with Crippen LogP contribution in [0.4, 0.5) is 4.79 Å². The van der Waals surface area contributed by atoms with Gasteiger partial charge in [-0.25, -0.2) is 9.59 Å². The Kier molecular flexibility index (Phi) is 6.88. The highest BCUT2D eigenvalue weighted by molar-refractivity contribution is 5.91. The molecule has 0 atom stereocenters. The summed E-state index contributed by atoms with van der Waals surface area (Å²) in [4.78, 5) is 39.3. The highest BCUT2D eigenvalue weighted by Crippen LogP contribution is 2.22. The van der Waals surface area contributed by atoms with Crippen LogP contribution in [0.15, 0.2) is 18.2 Å². The zero-order valence-corrected chi connectivity index (χ0v) is 16.9. The molecule has 1 aliphatic heterocycles. The molecule has 0 radical (unpaired) electrons. The highest BCUT2D eigenvalue weighted by Gasteiger charge is 2.27. The lowest BCUT2D eigenvalue weighted by Gasteiger charge is -2.35. The summed E-state index contributed by atoms with van der Waals surface area (Å²) in [6.45, 7) is 9.27. The number of carbonyl (C=O) groups excluding carboxylic acids is 2. The first kappa shape index (κ1) is 21.5. The first-order valence-electron chi connectivity index (χ1n) is 9.35. The molecule has 0 unspecified atom stereocenters. The molecule has 2 rings (SSSR count). The van der Waals surface area contributed by atoms with Gasteiger partial charge in [0.05, 0.1) is 13.0 Å². The van der Waals surface area contributed by atoms with Crippen LogP contribution in [0.3, 0.4) is 0 Å². The fourth-order valence-corrected chi connectivity index (χ4v) is 2.88. The van der Waals surface area contributed by atoms with E-state index < -0.39 is 11.6 Å². The maximum absolute atomic E-state index is 12.6. The predicted octanol–water partition coefficient (Wildman–Crippen LogP) is 2.41. The Morgan fingerprint density at radius 1 is 1.07 bits per heavy atom. The number of carboxylic acids is 1. The molecule has 1 aromatic rings. The summed E-state index contributed by atoms with van der Waals surface area (Å²) < 4.78 is 10.7. The number of carboxylic acid groups (broad SMARTS) is 1. The summed E-state index contributed by atoms with van der Waals surface area (Å²) in [5.74, 6) is -0.885. The molecule has 1 N–H and O–H groups in total. The molecule has 1 aliphatic rings. The topological polar surface area (TPSA) is 96.4 Å². The molecular formula is C20H28N2O6. The fraction of sp³-hybridized carbons (Fsp3) is 0.550. The summed E-state index contributed by atoms with van der Waals surface area (Å²) in [7, 11) is 0. The van der Waals surface area contributed by atoms with Gasteiger partial charge in [0.25, 0.3) is 0 Å². The molecule has 8 nitrogen and oxygen atoms in total. The molecule has 28 heavy (non-hydrogen) atoms. The average molecular weight is 392 g/mol. The van der Waals surface area contributed by atoms with Gasteiger partial charge in [-0.2, -0.15) is 0 Å². The van der Waals surface area contributed by atoms with Crippen LogP contribution in [0.25, 0.3) is 0 Å². The van der Waals surface area contributed by atoms with Crippen molar-refractivity contribution in [2.75, 3.05) is 32.8 Å². The Bertz CT molecular complexity index is 733. The SMILES string of the molecule is CCOc1cc(CC(=O)N2CCN(C(=O)OC(C)(C)C)CC2)ccc1C(=O)O. The minimum atomic E-state index is -1.07. The number of ether oxygens (including phenoxy) is 2. The molecule has 1 heterocycles. The van der Waals surface area contributed by atoms with E-state index in [1.54, 1.807) is 28.9 Å². The fourth-order valence-electron chi connectivity index (χ4n) is 2.88. The standard InChI is InChI=1S/C20H28N2O6/c1-5-27-16-12-14(6-7-15(16)18(24)25)13-17(23)21-8-10-22(11-9-21)19(26)28-20(2,3)4/h6-7,12H,5,8-11,13H2,1-4H3,(H,24,25). The van der Waals surface area contributed by atoms with Gasteiger partial charge in [-0.3, -0.25) is 4.79 Å². The molecule has 0 bridgehead atoms. The lowest BCUT2D eigenvalue weighted by atomic mass is 10.1. The van der Waals surface area contributed by atoms with Crippen molar-refractivity contribution in [2.45, 2.75) is 39.7 Å². The van der Waals surface area contributed by atoms with E-state index in [1.807, 2.05) is 20.8 Å². The quantitative estimate of drug-likeness (QED) is 0.827. The number of benzene rings is 1. The van der Waals surface area contributed by atoms with Gasteiger partial charge in [0.2, 0.25) is 5.91 Å². The summed E-state index contributed by atoms with van der Waals surface area (Å²) in [6.07, 6.45) is -0.225. The van der Waals surface area contributed by atoms with E-state index in [2.05, 4.69) is 0 Å². The number of hydrogen-bond acceptors (Lipinski definition) is 5. The molecule has 2 amide bonds. The van der Waals surface area contributed by atoms with Gasteiger partial charge in [-0.05, 0) is 45.4 Å². The molecule has 1 saturated heterocycles. The summed E-state index contributed by atoms with van der Waals surface area (Å²) >= 11 is 0. The molecule has 0 aromatic heterocycles. The lowest BCUT2D eigenvalue weighted by molar-refractivity contribution is -0.132. The van der Waals surface area contributed by atoms with E-state index >= 15 is 0 Å². The zero-order valence-electron chi connectivity index (χ0n) is 16.9. The first-order chi connectivity index (χ1) is 13.1. The van der Waals surface area contributed by atoms with Gasteiger partial charge >= 0.3 is 12.1 Å². The van der Waals surface area contributed by atoms with Crippen LogP contribution in [0.5, 0.6) is 5.75 Å². The van der Waals surface area contributed by atoms with Gasteiger partial charge < -0.3 is 24.4 Å². The molecule has 0 aliphatic carbocycles. The van der Waals surface area contributed by atoms with E-state index in [1.165, 1.54) is 6.07 Å². The molecule has 1 fully saturated rings. The third-order valence-electron chi connectivity index (χ3n) is 4.22. The normalized spacial score (nSPS) is 14.6. The number of carbonyl (C=O) groups is 3. The van der Waals surface area contributed by atoms with E-state index in [9.17, 15) is 19.5 Å². The smallest absolute Gasteiger partial charge is 0.410 e. The van der Waals surface area contributed by atoms with Crippen molar-refractivity contribution in [1.29, 1.82) is 0 Å². The van der Waals surface area contributed by atoms with Crippen molar-refractivity contribution in [1.82, 2.24) is 9.80 Å². The largest absolute Gasteiger partial charge is 0.493 e. The van der Waals surface area contributed by atoms with Crippen molar-refractivity contribution in [3.8, 4) is 5.75 Å². The number of nitrogens with zero attached hydrogens (tertiary/aromatic N) is 2. The molecule has 0 spiro atoms. The molecule has 8 heteroatoms. The number of amides is 2. The molecule has 1 aromatic carbocycles. The van der Waals surface area contributed by atoms with Crippen LogP contribution in [-0.4, -0.2) is 71.3 Å². The zero-order chi connectivity index (χ0) is 20.9. The number of piperazine rings is 1. The average Bonchev–Trinajstić information content (AvgIpc) is 2.60. The van der Waals surface area contributed by atoms with Crippen LogP contribution in [0.1, 0.15) is 43.6 Å². The van der Waals surface area contributed by atoms with Crippen LogP contribution in [-0.2, 0) is 16.0 Å². The maximum Gasteiger partial charge on any atom is 0.410 e. The second kappa shape index (κ2) is 8.95. The number of rotatable bonds is 5. The van der Waals surface area contributed by atoms with Crippen molar-refractivity contribution in [3.05, 3.63) is 29.3 Å². The Morgan fingerprint density at radius 2 is 1.68 bits per heavy atom. The van der Waals surface area contributed by atoms with Crippen LogP contribution >= 0.6 is 0 Å². The Labute approximate surface area is 165 Å². The van der Waals surface area contributed by atoms with Gasteiger partial charge in [-0.1, -0.05) is 6.07 Å². The van der Waals surface area contributed by atoms with Crippen molar-refractivity contribution >= 4 is 18.0 Å². The minimum absolute atomic E-state index is 0.0732. The van der Waals surface area contributed by atoms with Crippen molar-refractivity contribution in [2.24, 2.45) is 0 Å². The lowest BCUT2D eigenvalue weighted by Crippen LogP contribution is -2.52. The first-order valence-corrected chi connectivity index (χ1v) is 9.35. The number of hydrogen-bond donors (Lipinski definition) is 1. The van der Waals surface area contributed by atoms with Crippen LogP contribution in [0, 0.1) is 0 Å². The second-order valence-corrected chi connectivity index (χ2v) is 7.59. The predicted molar refractivity (Wildman–Crippen MR) is 103 cm³/mol. The van der Waals surface area contributed by atoms with Crippen molar-refractivity contribution < 1.29 is 29.0 Å². The number of aromatic carboxylic acids is 1. The summed E-state index contributed by atoms with van der Waals surface area (Å²) in [5.41, 5.74) is 0.210. The maximum atomic E-state index is 12.6. The van der Waals surface area contributed by atoms with Gasteiger partial charge in [0, 0.05) is 26.2 Å². The van der Waals surface area contributed by atoms with E-state index in [0.717, 1.165) is 0 Å². The van der Waals surface area contributed by atoms with E-state index in [-0.39, 0.29) is 29.7 Å². The van der Waals surface area contributed by atoms with Crippen LogP contribution in [0.2, 0.25) is 0 Å². The Balaban J connectivity index is 1.95. The van der Waals surface area contributed by atoms with E-state index in [4.69, 9.17) is 9.47 Å². The van der Waals surface area contributed by atoms with Gasteiger partial charge in [-0.15, -0.1) is 0 Å². The summed E-state index contributed by atoms with van der Waals surface area (Å²) in [5, 5.41) is 9.21. The van der Waals surface area contributed by atoms with Gasteiger partial charge in [0.15, 0.2) is 0 Å². The monoisotopic (exact) mass is 392 g/mol. The third kappa shape index (κ3) is 5.87. The highest BCUT2D eigenvalue weighted by atomic mass is 16.6. The second-order valence-electron chi connectivity index (χ2n) is 7.59. The minimum Gasteiger partial charge on any atom is -0.493 e. The third-order valence-corrected chi connectivity index (χ3v) is 4.22. The Morgan fingerprint density at radius 3 is 2.21 bits per heavy atom. The van der Waals surface area contributed by atoms with Crippen molar-refractivity contribution in [3.63, 3.8) is 0 Å². The molecular weight excluding hydrogens is 364 g/mol. The van der Waals surface area contributed by atoms with E-state index in [0.29, 0.717) is 38.3 Å². The molecule has 154 valence electrons. The van der Waals surface area contributed by atoms with Gasteiger partial charge in [0.1, 0.15) is 16.9 Å². The molecule has 0 saturated carbocycles. The Hall–Kier alpha value is -2.77. The van der Waals surface area contributed by atoms with Crippen LogP contribution < -0.4 is 4.74 Å². The summed E-state index contributed by atoms with van der Waals surface area (Å²) in [6, 6.07) is 4.68.